The summed E-state index contributed by atoms with van der Waals surface area (Å²) in [5.41, 5.74) is 10.2. The van der Waals surface area contributed by atoms with E-state index >= 15 is 0 Å². The Morgan fingerprint density at radius 2 is 2.09 bits per heavy atom. The van der Waals surface area contributed by atoms with Crippen molar-refractivity contribution in [2.45, 2.75) is 18.9 Å². The lowest BCUT2D eigenvalue weighted by Gasteiger charge is -2.02. The van der Waals surface area contributed by atoms with Gasteiger partial charge in [0.1, 0.15) is 6.04 Å². The minimum atomic E-state index is -1.04. The molecule has 0 heterocycles. The molecular weight excluding hydrogens is 191 g/mol. The van der Waals surface area contributed by atoms with Gasteiger partial charge in [-0.2, -0.15) is 0 Å². The zero-order valence-electron chi connectivity index (χ0n) is 6.90. The third kappa shape index (κ3) is 9.97. The predicted octanol–water partition coefficient (Wildman–Crippen LogP) is -0.0192. The monoisotopic (exact) mass is 205 g/mol. The molecule has 0 aliphatic rings. The minimum Gasteiger partial charge on any atom is -0.480 e. The van der Waals surface area contributed by atoms with Gasteiger partial charge in [-0.1, -0.05) is 0 Å². The number of carbonyl (C=O) groups is 1. The summed E-state index contributed by atoms with van der Waals surface area (Å²) in [6, 6.07) is -0.878. The Morgan fingerprint density at radius 1 is 1.64 bits per heavy atom. The van der Waals surface area contributed by atoms with E-state index in [0.29, 0.717) is 6.42 Å². The van der Waals surface area contributed by atoms with E-state index in [0.717, 1.165) is 0 Å². The van der Waals surface area contributed by atoms with Crippen molar-refractivity contribution in [1.29, 1.82) is 0 Å². The van der Waals surface area contributed by atoms with E-state index in [1.165, 1.54) is 0 Å². The average Bonchev–Trinajstić information content (AvgIpc) is 1.82. The van der Waals surface area contributed by atoms with Gasteiger partial charge in [-0.05, 0) is 19.4 Å². The lowest BCUT2D eigenvalue weighted by molar-refractivity contribution is -0.138. The van der Waals surface area contributed by atoms with Gasteiger partial charge >= 0.3 is 5.97 Å². The lowest BCUT2D eigenvalue weighted by atomic mass is 10.2. The van der Waals surface area contributed by atoms with Gasteiger partial charge in [0.15, 0.2) is 0 Å². The summed E-state index contributed by atoms with van der Waals surface area (Å²) in [5, 5.41) is 8.27. The van der Waals surface area contributed by atoms with Crippen molar-refractivity contribution < 1.29 is 11.3 Å². The molecule has 0 saturated carbocycles. The Morgan fingerprint density at radius 3 is 2.36 bits per heavy atom. The van der Waals surface area contributed by atoms with Gasteiger partial charge in [-0.25, -0.2) is 0 Å². The van der Waals surface area contributed by atoms with Crippen molar-refractivity contribution in [2.75, 3.05) is 6.52 Å². The van der Waals surface area contributed by atoms with Crippen LogP contribution in [0.5, 0.6) is 0 Å². The normalized spacial score (nSPS) is 14.9. The molecule has 0 aromatic heterocycles. The first-order chi connectivity index (χ1) is 4.54. The molecule has 0 aromatic rings. The zero-order chi connectivity index (χ0) is 8.15. The Balaban J connectivity index is -0.000000405. The summed E-state index contributed by atoms with van der Waals surface area (Å²) < 4.78 is 6.84. The molecule has 0 fully saturated rings. The number of carboxylic acids is 1. The molecule has 0 aliphatic carbocycles. The molecule has 0 bridgehead atoms. The topological polar surface area (TPSA) is 89.3 Å². The van der Waals surface area contributed by atoms with E-state index < -0.39 is 18.5 Å². The highest BCUT2D eigenvalue weighted by atomic mass is 35.5. The molecule has 0 spiro atoms. The van der Waals surface area contributed by atoms with Gasteiger partial charge in [0.25, 0.3) is 0 Å². The van der Waals surface area contributed by atoms with Crippen LogP contribution >= 0.6 is 24.8 Å². The number of hydrogen-bond acceptors (Lipinski definition) is 3. The summed E-state index contributed by atoms with van der Waals surface area (Å²) in [7, 11) is 0. The molecule has 0 amide bonds. The van der Waals surface area contributed by atoms with Gasteiger partial charge < -0.3 is 16.6 Å². The van der Waals surface area contributed by atoms with Crippen LogP contribution in [0.25, 0.3) is 0 Å². The van der Waals surface area contributed by atoms with Crippen molar-refractivity contribution in [3.05, 3.63) is 0 Å². The Hall–Kier alpha value is -0.0300. The second-order valence-corrected chi connectivity index (χ2v) is 1.76. The summed E-state index contributed by atoms with van der Waals surface area (Å²) >= 11 is 0. The third-order valence-electron chi connectivity index (χ3n) is 0.962. The smallest absolute Gasteiger partial charge is 0.320 e. The number of aliphatic carboxylic acids is 1. The van der Waals surface area contributed by atoms with E-state index in [2.05, 4.69) is 0 Å². The first-order valence-corrected chi connectivity index (χ1v) is 2.70. The SMILES string of the molecule is Cl.Cl.[2H]C(N)CC[C@H](N)C(=O)O. The Bertz CT molecular complexity index is 126. The largest absolute Gasteiger partial charge is 0.480 e. The van der Waals surface area contributed by atoms with Crippen LogP contribution in [0.15, 0.2) is 0 Å². The maximum atomic E-state index is 10.1. The van der Waals surface area contributed by atoms with Gasteiger partial charge in [-0.3, -0.25) is 4.79 Å². The van der Waals surface area contributed by atoms with Gasteiger partial charge in [0.05, 0.1) is 0 Å². The molecule has 0 aliphatic heterocycles. The molecule has 5 N–H and O–H groups in total. The van der Waals surface area contributed by atoms with Gasteiger partial charge in [0.2, 0.25) is 0 Å². The third-order valence-corrected chi connectivity index (χ3v) is 0.962. The van der Waals surface area contributed by atoms with Crippen LogP contribution in [0.3, 0.4) is 0 Å². The molecule has 4 nitrogen and oxygen atoms in total. The average molecular weight is 206 g/mol. The second kappa shape index (κ2) is 9.97. The number of rotatable bonds is 4. The van der Waals surface area contributed by atoms with E-state index in [-0.39, 0.29) is 31.2 Å². The van der Waals surface area contributed by atoms with E-state index in [1.54, 1.807) is 0 Å². The second-order valence-electron chi connectivity index (χ2n) is 1.76. The standard InChI is InChI=1S/C5H12N2O2.2ClH/c6-3-1-2-4(7)5(8)9;;/h4H,1-3,6-7H2,(H,8,9);2*1H/t4-;;/m0../s1/i3D;;/t3?,4-;;. The number of nitrogens with two attached hydrogens (primary N) is 2. The van der Waals surface area contributed by atoms with Gasteiger partial charge in [0, 0.05) is 1.37 Å². The fourth-order valence-electron chi connectivity index (χ4n) is 0.399. The molecule has 6 heteroatoms. The van der Waals surface area contributed by atoms with Crippen molar-refractivity contribution in [3.8, 4) is 0 Å². The highest BCUT2D eigenvalue weighted by molar-refractivity contribution is 5.85. The van der Waals surface area contributed by atoms with E-state index in [9.17, 15) is 4.79 Å². The molecule has 0 radical (unpaired) electrons. The summed E-state index contributed by atoms with van der Waals surface area (Å²) in [5.74, 6) is -1.04. The maximum absolute atomic E-state index is 10.1. The first kappa shape index (κ1) is 13.6. The highest BCUT2D eigenvalue weighted by Gasteiger charge is 2.08. The quantitative estimate of drug-likeness (QED) is 0.603. The number of halogens is 2. The first-order valence-electron chi connectivity index (χ1n) is 3.28. The molecule has 1 unspecified atom stereocenters. The van der Waals surface area contributed by atoms with Crippen molar-refractivity contribution in [1.82, 2.24) is 0 Å². The van der Waals surface area contributed by atoms with Crippen molar-refractivity contribution in [2.24, 2.45) is 11.5 Å². The molecule has 0 aromatic carbocycles. The highest BCUT2D eigenvalue weighted by Crippen LogP contribution is 1.91. The maximum Gasteiger partial charge on any atom is 0.320 e. The Kier molecular flexibility index (Phi) is 12.3. The fourth-order valence-corrected chi connectivity index (χ4v) is 0.399. The van der Waals surface area contributed by atoms with Crippen LogP contribution in [0, 0.1) is 0 Å². The van der Waals surface area contributed by atoms with Gasteiger partial charge in [-0.15, -0.1) is 24.8 Å². The number of hydrogen-bond donors (Lipinski definition) is 3. The summed E-state index contributed by atoms with van der Waals surface area (Å²) in [4.78, 5) is 10.1. The van der Waals surface area contributed by atoms with Crippen molar-refractivity contribution >= 4 is 30.8 Å². The van der Waals surface area contributed by atoms with Crippen LogP contribution in [0.4, 0.5) is 0 Å². The fraction of sp³-hybridized carbons (Fsp3) is 0.800. The van der Waals surface area contributed by atoms with Crippen molar-refractivity contribution in [3.63, 3.8) is 0 Å². The zero-order valence-corrected chi connectivity index (χ0v) is 7.53. The molecule has 0 rings (SSSR count). The van der Waals surface area contributed by atoms with E-state index in [1.807, 2.05) is 0 Å². The molecule has 11 heavy (non-hydrogen) atoms. The molecular formula is C5H14Cl2N2O2. The van der Waals surface area contributed by atoms with Crippen LogP contribution in [-0.2, 0) is 4.79 Å². The van der Waals surface area contributed by atoms with Crippen LogP contribution in [-0.4, -0.2) is 23.6 Å². The van der Waals surface area contributed by atoms with Crippen LogP contribution < -0.4 is 11.5 Å². The molecule has 0 saturated heterocycles. The molecule has 2 atom stereocenters. The summed E-state index contributed by atoms with van der Waals surface area (Å²) in [6.07, 6.45) is 0.591. The number of carboxylic acid groups (broad SMARTS) is 1. The Labute approximate surface area is 79.5 Å². The summed E-state index contributed by atoms with van der Waals surface area (Å²) in [6.45, 7) is -0.717. The van der Waals surface area contributed by atoms with Crippen LogP contribution in [0.2, 0.25) is 0 Å². The lowest BCUT2D eigenvalue weighted by Crippen LogP contribution is -2.30. The minimum absolute atomic E-state index is 0. The van der Waals surface area contributed by atoms with Crippen LogP contribution in [0.1, 0.15) is 14.2 Å². The predicted molar refractivity (Wildman–Crippen MR) is 48.4 cm³/mol. The molecule has 70 valence electrons. The van der Waals surface area contributed by atoms with E-state index in [4.69, 9.17) is 17.9 Å².